The molecule has 1 atom stereocenters. The van der Waals surface area contributed by atoms with Crippen molar-refractivity contribution in [2.45, 2.75) is 26.5 Å². The number of ether oxygens (including phenoxy) is 1. The highest BCUT2D eigenvalue weighted by Crippen LogP contribution is 2.17. The number of hydrogen-bond donors (Lipinski definition) is 1. The third kappa shape index (κ3) is 6.14. The van der Waals surface area contributed by atoms with E-state index in [9.17, 15) is 0 Å². The van der Waals surface area contributed by atoms with Crippen molar-refractivity contribution in [1.29, 1.82) is 0 Å². The molecule has 3 rings (SSSR count). The molecule has 1 aromatic heterocycles. The maximum atomic E-state index is 5.92. The summed E-state index contributed by atoms with van der Waals surface area (Å²) < 4.78 is 10.8. The summed E-state index contributed by atoms with van der Waals surface area (Å²) in [4.78, 5) is 9.47. The number of piperazine rings is 1. The van der Waals surface area contributed by atoms with Crippen LogP contribution < -0.4 is 10.1 Å². The Balaban J connectivity index is 1.50. The molecule has 8 heteroatoms. The summed E-state index contributed by atoms with van der Waals surface area (Å²) in [5.74, 6) is 1.74. The van der Waals surface area contributed by atoms with Crippen molar-refractivity contribution >= 4 is 17.6 Å². The monoisotopic (exact) mass is 405 g/mol. The van der Waals surface area contributed by atoms with Crippen LogP contribution in [0.5, 0.6) is 5.75 Å². The van der Waals surface area contributed by atoms with E-state index >= 15 is 0 Å². The van der Waals surface area contributed by atoms with Crippen LogP contribution in [0.2, 0.25) is 5.02 Å². The summed E-state index contributed by atoms with van der Waals surface area (Å²) in [5, 5.41) is 8.09. The van der Waals surface area contributed by atoms with Gasteiger partial charge in [0.15, 0.2) is 5.96 Å². The average Bonchev–Trinajstić information content (AvgIpc) is 3.21. The molecule has 0 bridgehead atoms. The van der Waals surface area contributed by atoms with Crippen molar-refractivity contribution in [3.8, 4) is 5.75 Å². The van der Waals surface area contributed by atoms with Gasteiger partial charge in [0.25, 0.3) is 0 Å². The molecule has 1 saturated heterocycles. The van der Waals surface area contributed by atoms with Crippen molar-refractivity contribution < 1.29 is 9.26 Å². The molecule has 2 aromatic rings. The Morgan fingerprint density at radius 1 is 1.25 bits per heavy atom. The fourth-order valence-electron chi connectivity index (χ4n) is 3.09. The molecular weight excluding hydrogens is 378 g/mol. The van der Waals surface area contributed by atoms with Gasteiger partial charge in [-0.15, -0.1) is 0 Å². The molecule has 0 aliphatic carbocycles. The smallest absolute Gasteiger partial charge is 0.194 e. The van der Waals surface area contributed by atoms with Crippen LogP contribution in [-0.2, 0) is 6.54 Å². The second-order valence-corrected chi connectivity index (χ2v) is 7.27. The van der Waals surface area contributed by atoms with Gasteiger partial charge < -0.3 is 19.5 Å². The molecule has 2 heterocycles. The van der Waals surface area contributed by atoms with E-state index in [0.717, 1.165) is 56.7 Å². The molecule has 152 valence electrons. The number of nitrogens with one attached hydrogen (secondary N) is 1. The topological polar surface area (TPSA) is 66.1 Å². The maximum Gasteiger partial charge on any atom is 0.194 e. The minimum absolute atomic E-state index is 0.0247. The fourth-order valence-corrected chi connectivity index (χ4v) is 3.22. The largest absolute Gasteiger partial charge is 0.489 e. The van der Waals surface area contributed by atoms with Crippen molar-refractivity contribution in [2.24, 2.45) is 4.99 Å². The van der Waals surface area contributed by atoms with Crippen molar-refractivity contribution in [3.05, 3.63) is 47.3 Å². The molecule has 0 amide bonds. The standard InChI is InChI=1S/C20H28ClN5O2/c1-3-22-20(23-14-16(2)28-19-6-4-17(21)5-7-19)26-11-9-25(10-12-26)15-18-8-13-27-24-18/h4-8,13,16H,3,9-12,14-15H2,1-2H3,(H,22,23). The lowest BCUT2D eigenvalue weighted by molar-refractivity contribution is 0.168. The summed E-state index contributed by atoms with van der Waals surface area (Å²) in [6.07, 6.45) is 1.60. The first-order chi connectivity index (χ1) is 13.6. The van der Waals surface area contributed by atoms with E-state index in [4.69, 9.17) is 25.9 Å². The van der Waals surface area contributed by atoms with Crippen LogP contribution in [-0.4, -0.2) is 66.3 Å². The Kier molecular flexibility index (Phi) is 7.56. The number of nitrogens with zero attached hydrogens (tertiary/aromatic N) is 4. The Morgan fingerprint density at radius 3 is 2.64 bits per heavy atom. The lowest BCUT2D eigenvalue weighted by Gasteiger charge is -2.36. The first kappa shape index (κ1) is 20.5. The molecule has 7 nitrogen and oxygen atoms in total. The average molecular weight is 406 g/mol. The van der Waals surface area contributed by atoms with Gasteiger partial charge in [-0.3, -0.25) is 4.90 Å². The van der Waals surface area contributed by atoms with Gasteiger partial charge >= 0.3 is 0 Å². The van der Waals surface area contributed by atoms with Crippen molar-refractivity contribution in [2.75, 3.05) is 39.3 Å². The number of hydrogen-bond acceptors (Lipinski definition) is 5. The van der Waals surface area contributed by atoms with Gasteiger partial charge in [0.05, 0.1) is 12.2 Å². The number of aromatic nitrogens is 1. The molecule has 0 radical (unpaired) electrons. The molecule has 1 unspecified atom stereocenters. The van der Waals surface area contributed by atoms with Crippen LogP contribution in [0.4, 0.5) is 0 Å². The number of rotatable bonds is 7. The second kappa shape index (κ2) is 10.3. The van der Waals surface area contributed by atoms with Crippen molar-refractivity contribution in [3.63, 3.8) is 0 Å². The predicted molar refractivity (Wildman–Crippen MR) is 111 cm³/mol. The van der Waals surface area contributed by atoms with Crippen molar-refractivity contribution in [1.82, 2.24) is 20.3 Å². The fraction of sp³-hybridized carbons (Fsp3) is 0.500. The Bertz CT molecular complexity index is 728. The second-order valence-electron chi connectivity index (χ2n) is 6.83. The molecule has 1 aromatic carbocycles. The number of guanidine groups is 1. The van der Waals surface area contributed by atoms with Crippen LogP contribution in [0.1, 0.15) is 19.5 Å². The zero-order valence-corrected chi connectivity index (χ0v) is 17.2. The molecule has 0 spiro atoms. The van der Waals surface area contributed by atoms with Crippen LogP contribution in [0.15, 0.2) is 46.1 Å². The van der Waals surface area contributed by atoms with Gasteiger partial charge in [-0.05, 0) is 38.1 Å². The molecule has 1 aliphatic heterocycles. The minimum atomic E-state index is -0.0247. The predicted octanol–water partition coefficient (Wildman–Crippen LogP) is 2.88. The van der Waals surface area contributed by atoms with E-state index in [-0.39, 0.29) is 6.10 Å². The number of halogens is 1. The Morgan fingerprint density at radius 2 is 2.00 bits per heavy atom. The van der Waals surface area contributed by atoms with E-state index in [1.807, 2.05) is 37.3 Å². The normalized spacial score (nSPS) is 16.8. The minimum Gasteiger partial charge on any atom is -0.489 e. The highest BCUT2D eigenvalue weighted by molar-refractivity contribution is 6.30. The van der Waals surface area contributed by atoms with E-state index in [0.29, 0.717) is 11.6 Å². The zero-order valence-electron chi connectivity index (χ0n) is 16.5. The third-order valence-electron chi connectivity index (χ3n) is 4.53. The van der Waals surface area contributed by atoms with Crippen LogP contribution >= 0.6 is 11.6 Å². The SMILES string of the molecule is CCNC(=NCC(C)Oc1ccc(Cl)cc1)N1CCN(Cc2ccon2)CC1. The lowest BCUT2D eigenvalue weighted by Crippen LogP contribution is -2.52. The molecule has 28 heavy (non-hydrogen) atoms. The summed E-state index contributed by atoms with van der Waals surface area (Å²) in [6.45, 7) is 10.1. The Hall–Kier alpha value is -2.25. The van der Waals surface area contributed by atoms with Gasteiger partial charge in [-0.1, -0.05) is 16.8 Å². The molecule has 1 N–H and O–H groups in total. The molecule has 1 fully saturated rings. The van der Waals surface area contributed by atoms with Gasteiger partial charge in [-0.25, -0.2) is 4.99 Å². The maximum absolute atomic E-state index is 5.92. The van der Waals surface area contributed by atoms with E-state index in [1.54, 1.807) is 6.26 Å². The lowest BCUT2D eigenvalue weighted by atomic mass is 10.3. The summed E-state index contributed by atoms with van der Waals surface area (Å²) in [6, 6.07) is 9.33. The van der Waals surface area contributed by atoms with E-state index in [1.165, 1.54) is 0 Å². The van der Waals surface area contributed by atoms with Crippen LogP contribution in [0, 0.1) is 0 Å². The van der Waals surface area contributed by atoms with E-state index in [2.05, 4.69) is 27.2 Å². The van der Waals surface area contributed by atoms with E-state index < -0.39 is 0 Å². The number of aliphatic imine (C=N–C) groups is 1. The Labute approximate surface area is 171 Å². The zero-order chi connectivity index (χ0) is 19.8. The summed E-state index contributed by atoms with van der Waals surface area (Å²) >= 11 is 5.92. The van der Waals surface area contributed by atoms with Gasteiger partial charge in [0, 0.05) is 50.4 Å². The molecule has 0 saturated carbocycles. The molecular formula is C20H28ClN5O2. The van der Waals surface area contributed by atoms with Crippen LogP contribution in [0.3, 0.4) is 0 Å². The third-order valence-corrected chi connectivity index (χ3v) is 4.78. The quantitative estimate of drug-likeness (QED) is 0.564. The summed E-state index contributed by atoms with van der Waals surface area (Å²) in [7, 11) is 0. The van der Waals surface area contributed by atoms with Gasteiger partial charge in [0.2, 0.25) is 0 Å². The van der Waals surface area contributed by atoms with Crippen LogP contribution in [0.25, 0.3) is 0 Å². The first-order valence-electron chi connectivity index (χ1n) is 9.71. The highest BCUT2D eigenvalue weighted by atomic mass is 35.5. The first-order valence-corrected chi connectivity index (χ1v) is 10.1. The number of benzene rings is 1. The van der Waals surface area contributed by atoms with Gasteiger partial charge in [-0.2, -0.15) is 0 Å². The molecule has 1 aliphatic rings. The highest BCUT2D eigenvalue weighted by Gasteiger charge is 2.20. The summed E-state index contributed by atoms with van der Waals surface area (Å²) in [5.41, 5.74) is 0.974. The van der Waals surface area contributed by atoms with Gasteiger partial charge in [0.1, 0.15) is 18.1 Å².